The quantitative estimate of drug-likeness (QED) is 0.692. The van der Waals surface area contributed by atoms with Crippen molar-refractivity contribution in [2.75, 3.05) is 19.7 Å². The van der Waals surface area contributed by atoms with Gasteiger partial charge >= 0.3 is 6.03 Å². The third-order valence-corrected chi connectivity index (χ3v) is 5.87. The molecule has 3 N–H and O–H groups in total. The van der Waals surface area contributed by atoms with Gasteiger partial charge in [-0.2, -0.15) is 0 Å². The van der Waals surface area contributed by atoms with Crippen LogP contribution in [0, 0.1) is 6.92 Å². The minimum Gasteiger partial charge on any atom is -0.508 e. The van der Waals surface area contributed by atoms with E-state index in [1.165, 1.54) is 6.42 Å². The lowest BCUT2D eigenvalue weighted by Gasteiger charge is -2.36. The van der Waals surface area contributed by atoms with Gasteiger partial charge in [0.15, 0.2) is 6.61 Å². The normalized spacial score (nSPS) is 20.7. The van der Waals surface area contributed by atoms with Crippen molar-refractivity contribution in [1.82, 2.24) is 15.5 Å². The summed E-state index contributed by atoms with van der Waals surface area (Å²) >= 11 is 0. The molecule has 7 nitrogen and oxygen atoms in total. The van der Waals surface area contributed by atoms with Gasteiger partial charge < -0.3 is 25.4 Å². The molecule has 2 heterocycles. The van der Waals surface area contributed by atoms with Crippen LogP contribution in [0.2, 0.25) is 0 Å². The van der Waals surface area contributed by atoms with Gasteiger partial charge in [0, 0.05) is 19.3 Å². The number of hydrogen-bond donors (Lipinski definition) is 3. The van der Waals surface area contributed by atoms with E-state index in [-0.39, 0.29) is 24.3 Å². The average molecular weight is 421 g/mol. The van der Waals surface area contributed by atoms with E-state index in [2.05, 4.69) is 10.6 Å². The second kappa shape index (κ2) is 8.71. The first kappa shape index (κ1) is 20.8. The number of nitrogens with one attached hydrogen (secondary N) is 2. The molecule has 0 bridgehead atoms. The molecule has 0 spiro atoms. The van der Waals surface area contributed by atoms with Gasteiger partial charge in [-0.25, -0.2) is 4.79 Å². The molecule has 1 fully saturated rings. The number of carbonyl (C=O) groups excluding carboxylic acids is 2. The fourth-order valence-electron chi connectivity index (χ4n) is 4.11. The number of piperidine rings is 1. The molecule has 0 saturated carbocycles. The number of amides is 3. The summed E-state index contributed by atoms with van der Waals surface area (Å²) in [4.78, 5) is 26.6. The van der Waals surface area contributed by atoms with Crippen LogP contribution in [0.1, 0.15) is 36.0 Å². The minimum absolute atomic E-state index is 0.0101. The van der Waals surface area contributed by atoms with Crippen molar-refractivity contribution >= 4 is 11.9 Å². The van der Waals surface area contributed by atoms with E-state index in [0.29, 0.717) is 11.3 Å². The lowest BCUT2D eigenvalue weighted by Crippen LogP contribution is -2.51. The van der Waals surface area contributed by atoms with Crippen LogP contribution in [0.4, 0.5) is 4.79 Å². The Balaban J connectivity index is 1.61. The number of ether oxygens (including phenoxy) is 1. The van der Waals surface area contributed by atoms with Crippen molar-refractivity contribution in [3.05, 3.63) is 71.4 Å². The van der Waals surface area contributed by atoms with Crippen molar-refractivity contribution in [2.45, 2.75) is 31.7 Å². The zero-order valence-corrected chi connectivity index (χ0v) is 17.6. The molecule has 31 heavy (non-hydrogen) atoms. The summed E-state index contributed by atoms with van der Waals surface area (Å²) in [6.07, 6.45) is 6.71. The standard InChI is InChI=1S/C24H27N3O4/c1-17-14-19(8-9-21(17)28)24(10-11-25-23(30)26-24)18-6-5-7-20(15-18)31-16-22(29)27-12-3-2-4-13-27/h5-11,14-15,28H,2-4,12-13,16H2,1H3,(H2,25,26,30). The number of rotatable bonds is 5. The second-order valence-electron chi connectivity index (χ2n) is 8.00. The van der Waals surface area contributed by atoms with Crippen molar-refractivity contribution in [3.8, 4) is 11.5 Å². The first-order valence-corrected chi connectivity index (χ1v) is 10.6. The van der Waals surface area contributed by atoms with Gasteiger partial charge in [0.2, 0.25) is 0 Å². The van der Waals surface area contributed by atoms with Crippen LogP contribution in [0.15, 0.2) is 54.7 Å². The first-order valence-electron chi connectivity index (χ1n) is 10.6. The molecule has 2 aliphatic heterocycles. The molecule has 0 aromatic heterocycles. The van der Waals surface area contributed by atoms with Crippen LogP contribution in [0.3, 0.4) is 0 Å². The van der Waals surface area contributed by atoms with Gasteiger partial charge in [0.25, 0.3) is 5.91 Å². The van der Waals surface area contributed by atoms with Gasteiger partial charge in [-0.1, -0.05) is 18.2 Å². The van der Waals surface area contributed by atoms with Gasteiger partial charge in [0.1, 0.15) is 17.0 Å². The Labute approximate surface area is 181 Å². The van der Waals surface area contributed by atoms with Crippen LogP contribution >= 0.6 is 0 Å². The molecule has 2 aromatic rings. The molecule has 0 radical (unpaired) electrons. The molecule has 4 rings (SSSR count). The van der Waals surface area contributed by atoms with Crippen molar-refractivity contribution < 1.29 is 19.4 Å². The Hall–Kier alpha value is -3.48. The molecule has 1 saturated heterocycles. The van der Waals surface area contributed by atoms with E-state index in [1.807, 2.05) is 42.2 Å². The molecular weight excluding hydrogens is 394 g/mol. The summed E-state index contributed by atoms with van der Waals surface area (Å²) in [7, 11) is 0. The second-order valence-corrected chi connectivity index (χ2v) is 8.00. The maximum atomic E-state index is 12.5. The lowest BCUT2D eigenvalue weighted by molar-refractivity contribution is -0.134. The highest BCUT2D eigenvalue weighted by atomic mass is 16.5. The van der Waals surface area contributed by atoms with E-state index in [1.54, 1.807) is 24.4 Å². The number of aryl methyl sites for hydroxylation is 1. The molecule has 2 aromatic carbocycles. The predicted molar refractivity (Wildman–Crippen MR) is 117 cm³/mol. The fraction of sp³-hybridized carbons (Fsp3) is 0.333. The maximum Gasteiger partial charge on any atom is 0.319 e. The summed E-state index contributed by atoms with van der Waals surface area (Å²) in [5.74, 6) is 0.736. The van der Waals surface area contributed by atoms with Crippen LogP contribution in [0.25, 0.3) is 0 Å². The molecule has 3 amide bonds. The summed E-state index contributed by atoms with van der Waals surface area (Å²) in [5, 5.41) is 15.6. The topological polar surface area (TPSA) is 90.9 Å². The molecule has 7 heteroatoms. The third-order valence-electron chi connectivity index (χ3n) is 5.87. The number of nitrogens with zero attached hydrogens (tertiary/aromatic N) is 1. The Bertz CT molecular complexity index is 1010. The predicted octanol–water partition coefficient (Wildman–Crippen LogP) is 3.16. The molecule has 162 valence electrons. The monoisotopic (exact) mass is 421 g/mol. The van der Waals surface area contributed by atoms with E-state index in [0.717, 1.165) is 37.1 Å². The fourth-order valence-corrected chi connectivity index (χ4v) is 4.11. The van der Waals surface area contributed by atoms with Crippen molar-refractivity contribution in [3.63, 3.8) is 0 Å². The smallest absolute Gasteiger partial charge is 0.319 e. The summed E-state index contributed by atoms with van der Waals surface area (Å²) in [6, 6.07) is 12.3. The number of hydrogen-bond acceptors (Lipinski definition) is 4. The maximum absolute atomic E-state index is 12.5. The van der Waals surface area contributed by atoms with Gasteiger partial charge in [0.05, 0.1) is 0 Å². The number of phenolic OH excluding ortho intramolecular Hbond substituents is 1. The minimum atomic E-state index is -0.933. The zero-order valence-electron chi connectivity index (χ0n) is 17.6. The first-order chi connectivity index (χ1) is 15.0. The van der Waals surface area contributed by atoms with Crippen LogP contribution in [-0.2, 0) is 10.3 Å². The Kier molecular flexibility index (Phi) is 5.84. The largest absolute Gasteiger partial charge is 0.508 e. The van der Waals surface area contributed by atoms with Crippen molar-refractivity contribution in [1.29, 1.82) is 0 Å². The summed E-state index contributed by atoms with van der Waals surface area (Å²) in [6.45, 7) is 3.37. The van der Waals surface area contributed by atoms with E-state index < -0.39 is 5.54 Å². The molecule has 1 atom stereocenters. The zero-order chi connectivity index (χ0) is 21.8. The summed E-state index contributed by atoms with van der Waals surface area (Å²) in [5.41, 5.74) is 1.36. The van der Waals surface area contributed by atoms with Gasteiger partial charge in [-0.3, -0.25) is 4.79 Å². The Morgan fingerprint density at radius 1 is 1.13 bits per heavy atom. The molecular formula is C24H27N3O4. The van der Waals surface area contributed by atoms with Crippen molar-refractivity contribution in [2.24, 2.45) is 0 Å². The average Bonchev–Trinajstić information content (AvgIpc) is 2.80. The van der Waals surface area contributed by atoms with Crippen LogP contribution in [0.5, 0.6) is 11.5 Å². The number of aromatic hydroxyl groups is 1. The van der Waals surface area contributed by atoms with E-state index in [4.69, 9.17) is 4.74 Å². The number of carbonyl (C=O) groups is 2. The molecule has 1 unspecified atom stereocenters. The number of phenols is 1. The Morgan fingerprint density at radius 3 is 2.65 bits per heavy atom. The number of benzene rings is 2. The highest BCUT2D eigenvalue weighted by Crippen LogP contribution is 2.36. The van der Waals surface area contributed by atoms with E-state index in [9.17, 15) is 14.7 Å². The number of likely N-dealkylation sites (tertiary alicyclic amines) is 1. The summed E-state index contributed by atoms with van der Waals surface area (Å²) < 4.78 is 5.82. The van der Waals surface area contributed by atoms with Crippen LogP contribution in [-0.4, -0.2) is 41.6 Å². The van der Waals surface area contributed by atoms with Gasteiger partial charge in [-0.15, -0.1) is 0 Å². The highest BCUT2D eigenvalue weighted by Gasteiger charge is 2.36. The molecule has 2 aliphatic rings. The van der Waals surface area contributed by atoms with Crippen LogP contribution < -0.4 is 15.4 Å². The highest BCUT2D eigenvalue weighted by molar-refractivity contribution is 5.79. The third kappa shape index (κ3) is 4.35. The lowest BCUT2D eigenvalue weighted by atomic mass is 9.81. The Morgan fingerprint density at radius 2 is 1.90 bits per heavy atom. The van der Waals surface area contributed by atoms with E-state index >= 15 is 0 Å². The molecule has 0 aliphatic carbocycles. The SMILES string of the molecule is Cc1cc(C2(c3cccc(OCC(=O)N4CCCCC4)c3)C=CNC(=O)N2)ccc1O. The van der Waals surface area contributed by atoms with Gasteiger partial charge in [-0.05, 0) is 73.2 Å². The number of urea groups is 1.